The van der Waals surface area contributed by atoms with Gasteiger partial charge >= 0.3 is 0 Å². The smallest absolute Gasteiger partial charge is 0.276 e. The number of hydrogen-bond acceptors (Lipinski definition) is 3. The average Bonchev–Trinajstić information content (AvgIpc) is 2.39. The van der Waals surface area contributed by atoms with Crippen LogP contribution in [0.25, 0.3) is 0 Å². The van der Waals surface area contributed by atoms with E-state index in [1.165, 1.54) is 6.07 Å². The Balaban J connectivity index is 2.26. The molecule has 0 bridgehead atoms. The standard InChI is InChI=1S/C15H20ClNO3/c1-5-15(4)13(16)8-14(15)20-12-7-11(17(18)19)9(2)6-10(12)3/h6-7,13-14H,5,8H2,1-4H3. The van der Waals surface area contributed by atoms with E-state index in [4.69, 9.17) is 16.3 Å². The van der Waals surface area contributed by atoms with E-state index in [1.54, 1.807) is 13.0 Å². The van der Waals surface area contributed by atoms with Crippen LogP contribution in [-0.2, 0) is 0 Å². The number of nitro groups is 1. The van der Waals surface area contributed by atoms with Gasteiger partial charge in [-0.15, -0.1) is 11.6 Å². The largest absolute Gasteiger partial charge is 0.489 e. The Bertz CT molecular complexity index is 546. The minimum atomic E-state index is -0.369. The molecule has 0 amide bonds. The fourth-order valence-electron chi connectivity index (χ4n) is 2.70. The summed E-state index contributed by atoms with van der Waals surface area (Å²) in [5.74, 6) is 0.593. The van der Waals surface area contributed by atoms with Crippen LogP contribution < -0.4 is 4.74 Å². The van der Waals surface area contributed by atoms with Crippen LogP contribution in [0.15, 0.2) is 12.1 Å². The van der Waals surface area contributed by atoms with E-state index in [-0.39, 0.29) is 27.5 Å². The number of nitrogens with zero attached hydrogens (tertiary/aromatic N) is 1. The van der Waals surface area contributed by atoms with Crippen molar-refractivity contribution in [2.75, 3.05) is 0 Å². The lowest BCUT2D eigenvalue weighted by Gasteiger charge is -2.50. The van der Waals surface area contributed by atoms with Gasteiger partial charge in [-0.3, -0.25) is 10.1 Å². The molecule has 2 rings (SSSR count). The van der Waals surface area contributed by atoms with Crippen LogP contribution in [0.4, 0.5) is 5.69 Å². The number of halogens is 1. The fourth-order valence-corrected chi connectivity index (χ4v) is 3.15. The van der Waals surface area contributed by atoms with E-state index in [1.807, 2.05) is 6.92 Å². The molecular formula is C15H20ClNO3. The minimum Gasteiger partial charge on any atom is -0.489 e. The number of alkyl halides is 1. The first-order valence-electron chi connectivity index (χ1n) is 6.86. The van der Waals surface area contributed by atoms with Crippen LogP contribution in [0, 0.1) is 29.4 Å². The first-order valence-corrected chi connectivity index (χ1v) is 7.29. The summed E-state index contributed by atoms with van der Waals surface area (Å²) in [6.07, 6.45) is 1.74. The van der Waals surface area contributed by atoms with Gasteiger partial charge in [-0.1, -0.05) is 13.8 Å². The molecule has 1 saturated carbocycles. The van der Waals surface area contributed by atoms with Crippen molar-refractivity contribution in [3.63, 3.8) is 0 Å². The highest BCUT2D eigenvalue weighted by molar-refractivity contribution is 6.21. The highest BCUT2D eigenvalue weighted by Crippen LogP contribution is 2.49. The fraction of sp³-hybridized carbons (Fsp3) is 0.600. The van der Waals surface area contributed by atoms with Crippen molar-refractivity contribution in [1.82, 2.24) is 0 Å². The highest BCUT2D eigenvalue weighted by atomic mass is 35.5. The number of aryl methyl sites for hydroxylation is 2. The van der Waals surface area contributed by atoms with Crippen molar-refractivity contribution in [1.29, 1.82) is 0 Å². The molecule has 0 saturated heterocycles. The van der Waals surface area contributed by atoms with Crippen molar-refractivity contribution in [2.24, 2.45) is 5.41 Å². The Labute approximate surface area is 124 Å². The molecular weight excluding hydrogens is 278 g/mol. The van der Waals surface area contributed by atoms with Crippen LogP contribution in [0.1, 0.15) is 37.8 Å². The molecule has 1 aliphatic carbocycles. The van der Waals surface area contributed by atoms with Crippen LogP contribution in [0.2, 0.25) is 0 Å². The molecule has 4 nitrogen and oxygen atoms in total. The molecule has 1 aromatic carbocycles. The summed E-state index contributed by atoms with van der Waals surface area (Å²) in [6, 6.07) is 3.33. The Hall–Kier alpha value is -1.29. The van der Waals surface area contributed by atoms with Gasteiger partial charge in [0.2, 0.25) is 0 Å². The maximum absolute atomic E-state index is 11.0. The second kappa shape index (κ2) is 5.24. The van der Waals surface area contributed by atoms with Crippen molar-refractivity contribution in [3.05, 3.63) is 33.4 Å². The summed E-state index contributed by atoms with van der Waals surface area (Å²) in [4.78, 5) is 10.6. The minimum absolute atomic E-state index is 0.0241. The number of ether oxygens (including phenoxy) is 1. The molecule has 1 aromatic rings. The maximum Gasteiger partial charge on any atom is 0.276 e. The molecule has 1 aliphatic rings. The van der Waals surface area contributed by atoms with Gasteiger partial charge < -0.3 is 4.74 Å². The average molecular weight is 298 g/mol. The zero-order valence-corrected chi connectivity index (χ0v) is 13.0. The maximum atomic E-state index is 11.0. The first-order chi connectivity index (χ1) is 9.29. The van der Waals surface area contributed by atoms with Gasteiger partial charge in [0.1, 0.15) is 11.9 Å². The summed E-state index contributed by atoms with van der Waals surface area (Å²) in [5, 5.41) is 11.1. The quantitative estimate of drug-likeness (QED) is 0.470. The molecule has 0 heterocycles. The van der Waals surface area contributed by atoms with Crippen molar-refractivity contribution in [2.45, 2.75) is 52.0 Å². The highest BCUT2D eigenvalue weighted by Gasteiger charge is 2.51. The molecule has 0 spiro atoms. The van der Waals surface area contributed by atoms with Gasteiger partial charge in [-0.05, 0) is 31.9 Å². The predicted molar refractivity (Wildman–Crippen MR) is 79.6 cm³/mol. The van der Waals surface area contributed by atoms with Crippen LogP contribution in [-0.4, -0.2) is 16.4 Å². The van der Waals surface area contributed by atoms with Gasteiger partial charge in [0.15, 0.2) is 0 Å². The topological polar surface area (TPSA) is 52.4 Å². The monoisotopic (exact) mass is 297 g/mol. The first kappa shape index (κ1) is 15.1. The third-order valence-electron chi connectivity index (χ3n) is 4.59. The number of rotatable bonds is 4. The third kappa shape index (κ3) is 2.37. The molecule has 3 atom stereocenters. The normalized spacial score (nSPS) is 28.9. The molecule has 0 aliphatic heterocycles. The van der Waals surface area contributed by atoms with Crippen LogP contribution in [0.5, 0.6) is 5.75 Å². The summed E-state index contributed by atoms with van der Waals surface area (Å²) in [7, 11) is 0. The second-order valence-electron chi connectivity index (χ2n) is 5.83. The van der Waals surface area contributed by atoms with E-state index in [2.05, 4.69) is 13.8 Å². The summed E-state index contributed by atoms with van der Waals surface area (Å²) >= 11 is 6.28. The zero-order valence-electron chi connectivity index (χ0n) is 12.3. The van der Waals surface area contributed by atoms with Gasteiger partial charge in [-0.25, -0.2) is 0 Å². The van der Waals surface area contributed by atoms with Gasteiger partial charge in [0.25, 0.3) is 5.69 Å². The van der Waals surface area contributed by atoms with Gasteiger partial charge in [0, 0.05) is 22.8 Å². The van der Waals surface area contributed by atoms with Crippen LogP contribution >= 0.6 is 11.6 Å². The van der Waals surface area contributed by atoms with E-state index >= 15 is 0 Å². The SMILES string of the molecule is CCC1(C)C(Cl)CC1Oc1cc([N+](=O)[O-])c(C)cc1C. The van der Waals surface area contributed by atoms with Crippen LogP contribution in [0.3, 0.4) is 0 Å². The molecule has 0 aromatic heterocycles. The summed E-state index contributed by atoms with van der Waals surface area (Å²) in [5.41, 5.74) is 1.62. The second-order valence-corrected chi connectivity index (χ2v) is 6.36. The summed E-state index contributed by atoms with van der Waals surface area (Å²) in [6.45, 7) is 7.85. The lowest BCUT2D eigenvalue weighted by Crippen LogP contribution is -2.55. The van der Waals surface area contributed by atoms with Crippen molar-refractivity contribution >= 4 is 17.3 Å². The van der Waals surface area contributed by atoms with E-state index in [0.29, 0.717) is 11.3 Å². The Morgan fingerprint density at radius 1 is 1.45 bits per heavy atom. The lowest BCUT2D eigenvalue weighted by atomic mass is 9.65. The molecule has 5 heteroatoms. The molecule has 0 radical (unpaired) electrons. The lowest BCUT2D eigenvalue weighted by molar-refractivity contribution is -0.385. The Morgan fingerprint density at radius 3 is 2.60 bits per heavy atom. The molecule has 0 N–H and O–H groups in total. The van der Waals surface area contributed by atoms with E-state index < -0.39 is 0 Å². The number of hydrogen-bond donors (Lipinski definition) is 0. The number of nitro benzene ring substituents is 1. The van der Waals surface area contributed by atoms with Gasteiger partial charge in [-0.2, -0.15) is 0 Å². The third-order valence-corrected chi connectivity index (χ3v) is 5.27. The molecule has 1 fully saturated rings. The number of benzene rings is 1. The molecule has 3 unspecified atom stereocenters. The van der Waals surface area contributed by atoms with Gasteiger partial charge in [0.05, 0.1) is 11.0 Å². The molecule has 20 heavy (non-hydrogen) atoms. The zero-order chi connectivity index (χ0) is 15.1. The Kier molecular flexibility index (Phi) is 3.96. The van der Waals surface area contributed by atoms with Crippen molar-refractivity contribution < 1.29 is 9.66 Å². The van der Waals surface area contributed by atoms with E-state index in [0.717, 1.165) is 18.4 Å². The summed E-state index contributed by atoms with van der Waals surface area (Å²) < 4.78 is 6.01. The predicted octanol–water partition coefficient (Wildman–Crippen LogP) is 4.39. The Morgan fingerprint density at radius 2 is 2.10 bits per heavy atom. The van der Waals surface area contributed by atoms with Crippen molar-refractivity contribution in [3.8, 4) is 5.75 Å². The molecule has 110 valence electrons. The van der Waals surface area contributed by atoms with E-state index in [9.17, 15) is 10.1 Å².